The normalized spacial score (nSPS) is 12.5. The van der Waals surface area contributed by atoms with E-state index >= 15 is 0 Å². The van der Waals surface area contributed by atoms with E-state index in [1.54, 1.807) is 6.07 Å². The summed E-state index contributed by atoms with van der Waals surface area (Å²) in [5.74, 6) is -0.301. The molecule has 0 fully saturated rings. The summed E-state index contributed by atoms with van der Waals surface area (Å²) in [7, 11) is 0. The van der Waals surface area contributed by atoms with Crippen molar-refractivity contribution in [3.05, 3.63) is 68.4 Å². The van der Waals surface area contributed by atoms with Crippen molar-refractivity contribution >= 4 is 43.5 Å². The molecule has 0 saturated heterocycles. The largest absolute Gasteiger partial charge is 0.206 e. The van der Waals surface area contributed by atoms with Crippen molar-refractivity contribution in [2.24, 2.45) is 0 Å². The number of rotatable bonds is 2. The summed E-state index contributed by atoms with van der Waals surface area (Å²) in [5.41, 5.74) is 1.69. The zero-order valence-corrected chi connectivity index (χ0v) is 12.6. The van der Waals surface area contributed by atoms with Gasteiger partial charge in [0.15, 0.2) is 0 Å². The van der Waals surface area contributed by atoms with E-state index in [2.05, 4.69) is 31.9 Å². The Morgan fingerprint density at radius 1 is 0.941 bits per heavy atom. The van der Waals surface area contributed by atoms with Crippen molar-refractivity contribution in [3.8, 4) is 0 Å². The van der Waals surface area contributed by atoms with Gasteiger partial charge in [0, 0.05) is 4.47 Å². The average Bonchev–Trinajstić information content (AvgIpc) is 2.33. The predicted molar refractivity (Wildman–Crippen MR) is 75.9 cm³/mol. The van der Waals surface area contributed by atoms with E-state index in [-0.39, 0.29) is 11.2 Å². The van der Waals surface area contributed by atoms with Crippen LogP contribution in [0.15, 0.2) is 51.4 Å². The monoisotopic (exact) mass is 376 g/mol. The van der Waals surface area contributed by atoms with Gasteiger partial charge in [0.25, 0.3) is 0 Å². The summed E-state index contributed by atoms with van der Waals surface area (Å²) in [4.78, 5) is 0. The summed E-state index contributed by atoms with van der Waals surface area (Å²) in [6, 6.07) is 12.6. The highest BCUT2D eigenvalue weighted by Gasteiger charge is 2.12. The van der Waals surface area contributed by atoms with Crippen LogP contribution in [-0.4, -0.2) is 0 Å². The Labute approximate surface area is 121 Å². The summed E-state index contributed by atoms with van der Waals surface area (Å²) >= 11 is 12.8. The van der Waals surface area contributed by atoms with E-state index in [9.17, 15) is 4.39 Å². The second kappa shape index (κ2) is 5.51. The molecule has 0 aromatic heterocycles. The highest BCUT2D eigenvalue weighted by molar-refractivity contribution is 9.10. The van der Waals surface area contributed by atoms with Crippen molar-refractivity contribution in [2.45, 2.75) is 5.38 Å². The standard InChI is InChI=1S/C13H8Br2ClF/c14-10-4-1-8(2-5-10)13(16)9-3-6-11(15)12(17)7-9/h1-7,13H. The van der Waals surface area contributed by atoms with Crippen LogP contribution in [0.4, 0.5) is 4.39 Å². The van der Waals surface area contributed by atoms with Gasteiger partial charge in [0.05, 0.1) is 9.85 Å². The molecule has 0 aliphatic heterocycles. The molecule has 17 heavy (non-hydrogen) atoms. The molecule has 0 spiro atoms. The summed E-state index contributed by atoms with van der Waals surface area (Å²) in [5, 5.41) is -0.342. The fourth-order valence-electron chi connectivity index (χ4n) is 1.49. The first-order chi connectivity index (χ1) is 8.08. The maximum atomic E-state index is 13.4. The van der Waals surface area contributed by atoms with Crippen LogP contribution in [0.5, 0.6) is 0 Å². The Morgan fingerprint density at radius 2 is 1.53 bits per heavy atom. The minimum Gasteiger partial charge on any atom is -0.206 e. The van der Waals surface area contributed by atoms with E-state index < -0.39 is 0 Å². The predicted octanol–water partition coefficient (Wildman–Crippen LogP) is 5.68. The number of benzene rings is 2. The smallest absolute Gasteiger partial charge is 0.137 e. The van der Waals surface area contributed by atoms with Gasteiger partial charge in [0.2, 0.25) is 0 Å². The van der Waals surface area contributed by atoms with Crippen molar-refractivity contribution in [1.29, 1.82) is 0 Å². The Hall–Kier alpha value is -0.380. The van der Waals surface area contributed by atoms with Gasteiger partial charge in [-0.1, -0.05) is 34.1 Å². The number of hydrogen-bond donors (Lipinski definition) is 0. The molecule has 0 amide bonds. The molecule has 0 N–H and O–H groups in total. The zero-order chi connectivity index (χ0) is 12.4. The third-order valence-corrected chi connectivity index (χ3v) is 4.07. The van der Waals surface area contributed by atoms with Gasteiger partial charge in [-0.25, -0.2) is 4.39 Å². The van der Waals surface area contributed by atoms with Crippen LogP contribution in [-0.2, 0) is 0 Å². The lowest BCUT2D eigenvalue weighted by Gasteiger charge is -2.11. The first-order valence-corrected chi connectivity index (χ1v) is 6.94. The van der Waals surface area contributed by atoms with E-state index in [0.29, 0.717) is 4.47 Å². The second-order valence-electron chi connectivity index (χ2n) is 3.59. The average molecular weight is 378 g/mol. The third kappa shape index (κ3) is 3.09. The first-order valence-electron chi connectivity index (χ1n) is 4.92. The van der Waals surface area contributed by atoms with Gasteiger partial charge in [-0.3, -0.25) is 0 Å². The molecule has 0 bridgehead atoms. The molecule has 1 unspecified atom stereocenters. The fourth-order valence-corrected chi connectivity index (χ4v) is 2.29. The number of halogens is 4. The van der Waals surface area contributed by atoms with E-state index in [1.165, 1.54) is 6.07 Å². The molecular formula is C13H8Br2ClF. The van der Waals surface area contributed by atoms with Crippen LogP contribution in [0, 0.1) is 5.82 Å². The zero-order valence-electron chi connectivity index (χ0n) is 8.63. The number of alkyl halides is 1. The summed E-state index contributed by atoms with van der Waals surface area (Å²) in [6.07, 6.45) is 0. The fraction of sp³-hybridized carbons (Fsp3) is 0.0769. The summed E-state index contributed by atoms with van der Waals surface area (Å²) in [6.45, 7) is 0. The molecular weight excluding hydrogens is 370 g/mol. The van der Waals surface area contributed by atoms with Crippen molar-refractivity contribution in [1.82, 2.24) is 0 Å². The van der Waals surface area contributed by atoms with Gasteiger partial charge in [-0.2, -0.15) is 0 Å². The molecule has 88 valence electrons. The quantitative estimate of drug-likeness (QED) is 0.590. The van der Waals surface area contributed by atoms with Gasteiger partial charge < -0.3 is 0 Å². The van der Waals surface area contributed by atoms with Crippen LogP contribution in [0.2, 0.25) is 0 Å². The molecule has 0 nitrogen and oxygen atoms in total. The van der Waals surface area contributed by atoms with Crippen LogP contribution in [0.1, 0.15) is 16.5 Å². The van der Waals surface area contributed by atoms with E-state index in [1.807, 2.05) is 30.3 Å². The van der Waals surface area contributed by atoms with E-state index in [4.69, 9.17) is 11.6 Å². The van der Waals surface area contributed by atoms with Gasteiger partial charge >= 0.3 is 0 Å². The molecule has 4 heteroatoms. The molecule has 1 atom stereocenters. The maximum absolute atomic E-state index is 13.4. The Bertz CT molecular complexity index is 525. The molecule has 0 aliphatic rings. The van der Waals surface area contributed by atoms with Gasteiger partial charge in [0.1, 0.15) is 5.82 Å². The molecule has 0 saturated carbocycles. The highest BCUT2D eigenvalue weighted by atomic mass is 79.9. The number of hydrogen-bond acceptors (Lipinski definition) is 0. The lowest BCUT2D eigenvalue weighted by Crippen LogP contribution is -1.94. The molecule has 2 aromatic carbocycles. The Balaban J connectivity index is 2.33. The summed E-state index contributed by atoms with van der Waals surface area (Å²) < 4.78 is 14.8. The second-order valence-corrected chi connectivity index (χ2v) is 5.79. The highest BCUT2D eigenvalue weighted by Crippen LogP contribution is 2.31. The van der Waals surface area contributed by atoms with Gasteiger partial charge in [-0.05, 0) is 51.3 Å². The molecule has 0 aliphatic carbocycles. The lowest BCUT2D eigenvalue weighted by atomic mass is 10.0. The molecule has 2 aromatic rings. The third-order valence-electron chi connectivity index (χ3n) is 2.40. The molecule has 0 heterocycles. The molecule has 2 rings (SSSR count). The van der Waals surface area contributed by atoms with Crippen LogP contribution in [0.25, 0.3) is 0 Å². The lowest BCUT2D eigenvalue weighted by molar-refractivity contribution is 0.619. The Morgan fingerprint density at radius 3 is 2.12 bits per heavy atom. The SMILES string of the molecule is Fc1cc(C(Cl)c2ccc(Br)cc2)ccc1Br. The molecule has 0 radical (unpaired) electrons. The van der Waals surface area contributed by atoms with Crippen molar-refractivity contribution in [3.63, 3.8) is 0 Å². The van der Waals surface area contributed by atoms with Crippen molar-refractivity contribution in [2.75, 3.05) is 0 Å². The van der Waals surface area contributed by atoms with Crippen LogP contribution < -0.4 is 0 Å². The topological polar surface area (TPSA) is 0 Å². The van der Waals surface area contributed by atoms with Crippen molar-refractivity contribution < 1.29 is 4.39 Å². The minimum absolute atomic E-state index is 0.301. The minimum atomic E-state index is -0.342. The van der Waals surface area contributed by atoms with Crippen LogP contribution >= 0.6 is 43.5 Å². The first kappa shape index (κ1) is 13.1. The van der Waals surface area contributed by atoms with Gasteiger partial charge in [-0.15, -0.1) is 11.6 Å². The Kier molecular flexibility index (Phi) is 4.23. The van der Waals surface area contributed by atoms with Crippen LogP contribution in [0.3, 0.4) is 0 Å². The van der Waals surface area contributed by atoms with E-state index in [0.717, 1.165) is 15.6 Å². The maximum Gasteiger partial charge on any atom is 0.137 e.